The van der Waals surface area contributed by atoms with Crippen LogP contribution in [0.1, 0.15) is 58.1 Å². The maximum absolute atomic E-state index is 12.5. The van der Waals surface area contributed by atoms with E-state index in [2.05, 4.69) is 24.1 Å². The largest absolute Gasteiger partial charge is 0.444 e. The molecule has 0 radical (unpaired) electrons. The van der Waals surface area contributed by atoms with E-state index >= 15 is 0 Å². The van der Waals surface area contributed by atoms with Gasteiger partial charge in [-0.25, -0.2) is 4.79 Å². The molecule has 0 bridgehead atoms. The molecule has 0 aromatic heterocycles. The predicted octanol–water partition coefficient (Wildman–Crippen LogP) is 4.07. The molecule has 5 heteroatoms. The van der Waals surface area contributed by atoms with Crippen molar-refractivity contribution in [3.05, 3.63) is 42.0 Å². The van der Waals surface area contributed by atoms with Gasteiger partial charge in [0.2, 0.25) is 5.91 Å². The lowest BCUT2D eigenvalue weighted by Gasteiger charge is -2.23. The molecule has 0 fully saturated rings. The molecule has 0 saturated heterocycles. The van der Waals surface area contributed by atoms with E-state index in [-0.39, 0.29) is 5.91 Å². The van der Waals surface area contributed by atoms with Gasteiger partial charge in [-0.1, -0.05) is 56.7 Å². The molecule has 1 atom stereocenters. The topological polar surface area (TPSA) is 67.4 Å². The highest BCUT2D eigenvalue weighted by Crippen LogP contribution is 2.10. The Morgan fingerprint density at radius 1 is 1.19 bits per heavy atom. The van der Waals surface area contributed by atoms with E-state index in [4.69, 9.17) is 4.74 Å². The molecule has 0 aliphatic carbocycles. The summed E-state index contributed by atoms with van der Waals surface area (Å²) in [6, 6.07) is 7.06. The molecule has 0 spiro atoms. The summed E-state index contributed by atoms with van der Waals surface area (Å²) in [5.41, 5.74) is 1.35. The van der Waals surface area contributed by atoms with Gasteiger partial charge in [0, 0.05) is 13.0 Å². The third-order valence-corrected chi connectivity index (χ3v) is 3.74. The Balaban J connectivity index is 2.76. The number of alkyl carbamates (subject to hydrolysis) is 1. The van der Waals surface area contributed by atoms with Crippen molar-refractivity contribution in [2.24, 2.45) is 0 Å². The number of rotatable bonds is 9. The van der Waals surface area contributed by atoms with Crippen molar-refractivity contribution in [1.29, 1.82) is 0 Å². The molecule has 144 valence electrons. The molecular weight excluding hydrogens is 328 g/mol. The highest BCUT2D eigenvalue weighted by Gasteiger charge is 2.24. The first-order valence-corrected chi connectivity index (χ1v) is 9.23. The van der Waals surface area contributed by atoms with Gasteiger partial charge in [-0.2, -0.15) is 0 Å². The van der Waals surface area contributed by atoms with Crippen molar-refractivity contribution in [2.75, 3.05) is 6.54 Å². The minimum Gasteiger partial charge on any atom is -0.444 e. The summed E-state index contributed by atoms with van der Waals surface area (Å²) in [7, 11) is 0. The Morgan fingerprint density at radius 3 is 2.38 bits per heavy atom. The monoisotopic (exact) mass is 360 g/mol. The van der Waals surface area contributed by atoms with E-state index < -0.39 is 17.7 Å². The summed E-state index contributed by atoms with van der Waals surface area (Å²) in [6.45, 7) is 11.8. The van der Waals surface area contributed by atoms with Crippen molar-refractivity contribution in [1.82, 2.24) is 10.6 Å². The molecule has 2 amide bonds. The molecular formula is C21H32N2O3. The van der Waals surface area contributed by atoms with Crippen LogP contribution in [0.15, 0.2) is 30.8 Å². The Kier molecular flexibility index (Phi) is 8.90. The van der Waals surface area contributed by atoms with E-state index in [1.165, 1.54) is 0 Å². The Hall–Kier alpha value is -2.30. The lowest BCUT2D eigenvalue weighted by Crippen LogP contribution is -2.49. The number of nitrogens with one attached hydrogen (secondary N) is 2. The molecule has 5 nitrogen and oxygen atoms in total. The van der Waals surface area contributed by atoms with Crippen LogP contribution in [0.3, 0.4) is 0 Å². The van der Waals surface area contributed by atoms with Crippen LogP contribution in [0, 0.1) is 0 Å². The first kappa shape index (κ1) is 21.7. The minimum atomic E-state index is -0.680. The molecule has 26 heavy (non-hydrogen) atoms. The van der Waals surface area contributed by atoms with Crippen LogP contribution >= 0.6 is 0 Å². The quantitative estimate of drug-likeness (QED) is 0.652. The van der Waals surface area contributed by atoms with Gasteiger partial charge in [0.15, 0.2) is 0 Å². The summed E-state index contributed by atoms with van der Waals surface area (Å²) >= 11 is 0. The number of benzene rings is 1. The molecule has 2 N–H and O–H groups in total. The van der Waals surface area contributed by atoms with E-state index in [9.17, 15) is 9.59 Å². The second-order valence-corrected chi connectivity index (χ2v) is 7.35. The fraction of sp³-hybridized carbons (Fsp3) is 0.524. The van der Waals surface area contributed by atoms with Gasteiger partial charge in [0.25, 0.3) is 0 Å². The van der Waals surface area contributed by atoms with Crippen molar-refractivity contribution in [3.8, 4) is 0 Å². The summed E-state index contributed by atoms with van der Waals surface area (Å²) in [5, 5.41) is 5.60. The lowest BCUT2D eigenvalue weighted by molar-refractivity contribution is -0.123. The first-order valence-electron chi connectivity index (χ1n) is 9.23. The zero-order chi connectivity index (χ0) is 19.6. The maximum atomic E-state index is 12.5. The standard InChI is InChI=1S/C21H32N2O3/c1-6-8-9-14-22-19(24)18(23-20(25)26-21(3,4)5)15-17-12-10-16(7-2)11-13-17/h7,10-13,18H,2,6,8-9,14-15H2,1,3-5H3,(H,22,24)(H,23,25). The third kappa shape index (κ3) is 8.70. The lowest BCUT2D eigenvalue weighted by atomic mass is 10.0. The van der Waals surface area contributed by atoms with E-state index in [1.54, 1.807) is 26.8 Å². The number of unbranched alkanes of at least 4 members (excludes halogenated alkanes) is 2. The second kappa shape index (κ2) is 10.6. The van der Waals surface area contributed by atoms with Gasteiger partial charge in [-0.05, 0) is 38.3 Å². The van der Waals surface area contributed by atoms with Gasteiger partial charge in [0.05, 0.1) is 0 Å². The Morgan fingerprint density at radius 2 is 1.85 bits per heavy atom. The molecule has 1 rings (SSSR count). The number of ether oxygens (including phenoxy) is 1. The Labute approximate surface area is 157 Å². The van der Waals surface area contributed by atoms with Crippen LogP contribution in [0.25, 0.3) is 6.08 Å². The van der Waals surface area contributed by atoms with Crippen LogP contribution in [0.4, 0.5) is 4.79 Å². The van der Waals surface area contributed by atoms with Crippen molar-refractivity contribution in [2.45, 2.75) is 65.0 Å². The predicted molar refractivity (Wildman–Crippen MR) is 106 cm³/mol. The molecule has 1 unspecified atom stereocenters. The fourth-order valence-electron chi connectivity index (χ4n) is 2.39. The van der Waals surface area contributed by atoms with Crippen LogP contribution in [0.2, 0.25) is 0 Å². The highest BCUT2D eigenvalue weighted by molar-refractivity contribution is 5.86. The average Bonchev–Trinajstić information content (AvgIpc) is 2.57. The summed E-state index contributed by atoms with van der Waals surface area (Å²) in [4.78, 5) is 24.7. The average molecular weight is 360 g/mol. The van der Waals surface area contributed by atoms with Crippen molar-refractivity contribution >= 4 is 18.1 Å². The normalized spacial score (nSPS) is 12.2. The van der Waals surface area contributed by atoms with Gasteiger partial charge in [-0.15, -0.1) is 0 Å². The van der Waals surface area contributed by atoms with Gasteiger partial charge < -0.3 is 15.4 Å². The van der Waals surface area contributed by atoms with Gasteiger partial charge in [-0.3, -0.25) is 4.79 Å². The van der Waals surface area contributed by atoms with Crippen LogP contribution in [-0.4, -0.2) is 30.2 Å². The van der Waals surface area contributed by atoms with E-state index in [1.807, 2.05) is 24.3 Å². The zero-order valence-corrected chi connectivity index (χ0v) is 16.4. The number of hydrogen-bond acceptors (Lipinski definition) is 3. The highest BCUT2D eigenvalue weighted by atomic mass is 16.6. The second-order valence-electron chi connectivity index (χ2n) is 7.35. The third-order valence-electron chi connectivity index (χ3n) is 3.74. The number of hydrogen-bond donors (Lipinski definition) is 2. The van der Waals surface area contributed by atoms with Crippen molar-refractivity contribution in [3.63, 3.8) is 0 Å². The van der Waals surface area contributed by atoms with Crippen LogP contribution in [-0.2, 0) is 16.0 Å². The van der Waals surface area contributed by atoms with E-state index in [0.717, 1.165) is 30.4 Å². The molecule has 0 aliphatic rings. The smallest absolute Gasteiger partial charge is 0.408 e. The molecule has 1 aromatic carbocycles. The van der Waals surface area contributed by atoms with Crippen molar-refractivity contribution < 1.29 is 14.3 Å². The SMILES string of the molecule is C=Cc1ccc(CC(NC(=O)OC(C)(C)C)C(=O)NCCCCC)cc1. The maximum Gasteiger partial charge on any atom is 0.408 e. The number of amides is 2. The first-order chi connectivity index (χ1) is 12.2. The minimum absolute atomic E-state index is 0.195. The van der Waals surface area contributed by atoms with E-state index in [0.29, 0.717) is 13.0 Å². The summed E-state index contributed by atoms with van der Waals surface area (Å²) < 4.78 is 5.29. The molecule has 0 aliphatic heterocycles. The van der Waals surface area contributed by atoms with Crippen LogP contribution in [0.5, 0.6) is 0 Å². The summed E-state index contributed by atoms with van der Waals surface area (Å²) in [5.74, 6) is -0.195. The number of carbonyl (C=O) groups excluding carboxylic acids is 2. The van der Waals surface area contributed by atoms with Gasteiger partial charge >= 0.3 is 6.09 Å². The number of carbonyl (C=O) groups is 2. The summed E-state index contributed by atoms with van der Waals surface area (Å²) in [6.07, 6.45) is 4.65. The molecule has 1 aromatic rings. The molecule has 0 saturated carbocycles. The zero-order valence-electron chi connectivity index (χ0n) is 16.4. The fourth-order valence-corrected chi connectivity index (χ4v) is 2.39. The molecule has 0 heterocycles. The van der Waals surface area contributed by atoms with Crippen LogP contribution < -0.4 is 10.6 Å². The van der Waals surface area contributed by atoms with Gasteiger partial charge in [0.1, 0.15) is 11.6 Å². The Bertz CT molecular complexity index is 588.